The molecule has 2 aromatic rings. The van der Waals surface area contributed by atoms with Crippen LogP contribution in [0.2, 0.25) is 0 Å². The lowest BCUT2D eigenvalue weighted by atomic mass is 9.79. The van der Waals surface area contributed by atoms with E-state index in [0.29, 0.717) is 12.8 Å². The lowest BCUT2D eigenvalue weighted by Crippen LogP contribution is -2.47. The van der Waals surface area contributed by atoms with E-state index in [0.717, 1.165) is 53.8 Å². The molecule has 1 aliphatic heterocycles. The number of amides is 1. The average molecular weight is 375 g/mol. The van der Waals surface area contributed by atoms with Crippen LogP contribution in [0.15, 0.2) is 65.7 Å². The number of allylic oxidation sites excluding steroid dienone is 1. The van der Waals surface area contributed by atoms with Gasteiger partial charge in [-0.2, -0.15) is 0 Å². The molecule has 4 heteroatoms. The van der Waals surface area contributed by atoms with Crippen LogP contribution < -0.4 is 4.74 Å². The van der Waals surface area contributed by atoms with Crippen LogP contribution in [0.4, 0.5) is 0 Å². The topological polar surface area (TPSA) is 46.6 Å². The van der Waals surface area contributed by atoms with Crippen molar-refractivity contribution >= 4 is 11.7 Å². The number of carbonyl (C=O) groups excluding carboxylic acids is 2. The first-order valence-electron chi connectivity index (χ1n) is 9.91. The number of hydrogen-bond acceptors (Lipinski definition) is 3. The number of carbonyl (C=O) groups is 2. The highest BCUT2D eigenvalue weighted by atomic mass is 16.5. The van der Waals surface area contributed by atoms with E-state index in [1.807, 2.05) is 59.5 Å². The van der Waals surface area contributed by atoms with Crippen LogP contribution in [0.5, 0.6) is 5.75 Å². The number of benzene rings is 2. The number of Topliss-reactive ketones (excluding diaryl/α,β-unsaturated/α-hetero) is 1. The van der Waals surface area contributed by atoms with E-state index in [1.165, 1.54) is 0 Å². The van der Waals surface area contributed by atoms with Crippen molar-refractivity contribution in [3.8, 4) is 5.75 Å². The van der Waals surface area contributed by atoms with Crippen molar-refractivity contribution < 1.29 is 14.3 Å². The van der Waals surface area contributed by atoms with Crippen molar-refractivity contribution in [1.29, 1.82) is 0 Å². The first kappa shape index (κ1) is 18.5. The van der Waals surface area contributed by atoms with Crippen LogP contribution in [-0.4, -0.2) is 36.3 Å². The number of likely N-dealkylation sites (tertiary alicyclic amines) is 1. The predicted molar refractivity (Wildman–Crippen MR) is 108 cm³/mol. The molecule has 28 heavy (non-hydrogen) atoms. The van der Waals surface area contributed by atoms with Gasteiger partial charge in [-0.25, -0.2) is 0 Å². The van der Waals surface area contributed by atoms with Crippen LogP contribution in [0, 0.1) is 0 Å². The van der Waals surface area contributed by atoms with Gasteiger partial charge in [-0.05, 0) is 54.7 Å². The third-order valence-electron chi connectivity index (χ3n) is 5.79. The molecule has 2 aliphatic rings. The van der Waals surface area contributed by atoms with Gasteiger partial charge in [0.1, 0.15) is 5.75 Å². The summed E-state index contributed by atoms with van der Waals surface area (Å²) < 4.78 is 5.32. The maximum Gasteiger partial charge on any atom is 0.254 e. The average Bonchev–Trinajstić information content (AvgIpc) is 2.75. The van der Waals surface area contributed by atoms with Crippen molar-refractivity contribution in [3.05, 3.63) is 76.9 Å². The summed E-state index contributed by atoms with van der Waals surface area (Å²) in [5.74, 6) is 1.09. The van der Waals surface area contributed by atoms with E-state index in [1.54, 1.807) is 7.11 Å². The first-order chi connectivity index (χ1) is 13.7. The Morgan fingerprint density at radius 3 is 2.71 bits per heavy atom. The SMILES string of the molecule is COc1cccc(CC2=C3CCCN(C(=O)c4ccccc4)C3CCC2=O)c1. The molecular formula is C24H25NO3. The lowest BCUT2D eigenvalue weighted by molar-refractivity contribution is -0.116. The number of hydrogen-bond donors (Lipinski definition) is 0. The summed E-state index contributed by atoms with van der Waals surface area (Å²) in [5, 5.41) is 0. The standard InChI is InChI=1S/C24H25NO3/c1-28-19-10-5-7-17(15-19)16-21-20-11-6-14-25(22(20)12-13-23(21)26)24(27)18-8-3-2-4-9-18/h2-5,7-10,15,22H,6,11-14,16H2,1H3. The number of nitrogens with zero attached hydrogens (tertiary/aromatic N) is 1. The molecule has 0 spiro atoms. The third kappa shape index (κ3) is 3.59. The monoisotopic (exact) mass is 375 g/mol. The van der Waals surface area contributed by atoms with E-state index < -0.39 is 0 Å². The maximum absolute atomic E-state index is 13.1. The van der Waals surface area contributed by atoms with Gasteiger partial charge in [-0.1, -0.05) is 30.3 Å². The van der Waals surface area contributed by atoms with Gasteiger partial charge in [0.2, 0.25) is 0 Å². The van der Waals surface area contributed by atoms with Crippen molar-refractivity contribution in [2.24, 2.45) is 0 Å². The quantitative estimate of drug-likeness (QED) is 0.805. The van der Waals surface area contributed by atoms with Gasteiger partial charge in [0.15, 0.2) is 5.78 Å². The van der Waals surface area contributed by atoms with Crippen LogP contribution in [0.25, 0.3) is 0 Å². The summed E-state index contributed by atoms with van der Waals surface area (Å²) in [6.07, 6.45) is 3.64. The fourth-order valence-corrected chi connectivity index (χ4v) is 4.42. The minimum Gasteiger partial charge on any atom is -0.497 e. The Labute approximate surface area is 165 Å². The molecule has 0 N–H and O–H groups in total. The Hall–Kier alpha value is -2.88. The second kappa shape index (κ2) is 8.01. The molecule has 2 aromatic carbocycles. The Bertz CT molecular complexity index is 916. The molecule has 1 heterocycles. The minimum absolute atomic E-state index is 0.0414. The molecule has 1 fully saturated rings. The molecule has 4 nitrogen and oxygen atoms in total. The van der Waals surface area contributed by atoms with E-state index in [2.05, 4.69) is 0 Å². The number of ether oxygens (including phenoxy) is 1. The molecule has 1 atom stereocenters. The van der Waals surface area contributed by atoms with Crippen LogP contribution in [-0.2, 0) is 11.2 Å². The Morgan fingerprint density at radius 1 is 1.11 bits per heavy atom. The Balaban J connectivity index is 1.65. The molecule has 0 saturated carbocycles. The van der Waals surface area contributed by atoms with E-state index in [-0.39, 0.29) is 17.7 Å². The van der Waals surface area contributed by atoms with Crippen LogP contribution in [0.1, 0.15) is 41.6 Å². The summed E-state index contributed by atoms with van der Waals surface area (Å²) in [6.45, 7) is 0.753. The van der Waals surface area contributed by atoms with Gasteiger partial charge in [0.25, 0.3) is 5.91 Å². The second-order valence-electron chi connectivity index (χ2n) is 7.48. The lowest BCUT2D eigenvalue weighted by Gasteiger charge is -2.41. The minimum atomic E-state index is 0.0414. The van der Waals surface area contributed by atoms with E-state index in [9.17, 15) is 9.59 Å². The van der Waals surface area contributed by atoms with Crippen molar-refractivity contribution in [1.82, 2.24) is 4.90 Å². The van der Waals surface area contributed by atoms with Crippen molar-refractivity contribution in [3.63, 3.8) is 0 Å². The predicted octanol–water partition coefficient (Wildman–Crippen LogP) is 4.20. The summed E-state index contributed by atoms with van der Waals surface area (Å²) in [4.78, 5) is 27.8. The maximum atomic E-state index is 13.1. The molecule has 1 amide bonds. The number of methoxy groups -OCH3 is 1. The van der Waals surface area contributed by atoms with Gasteiger partial charge in [-0.3, -0.25) is 9.59 Å². The number of ketones is 1. The first-order valence-corrected chi connectivity index (χ1v) is 9.91. The highest BCUT2D eigenvalue weighted by molar-refractivity contribution is 5.99. The smallest absolute Gasteiger partial charge is 0.254 e. The molecule has 1 saturated heterocycles. The number of fused-ring (bicyclic) bond motifs is 1. The second-order valence-corrected chi connectivity index (χ2v) is 7.48. The third-order valence-corrected chi connectivity index (χ3v) is 5.79. The summed E-state index contributed by atoms with van der Waals surface area (Å²) in [6, 6.07) is 17.4. The normalized spacial score (nSPS) is 19.4. The van der Waals surface area contributed by atoms with Gasteiger partial charge in [0.05, 0.1) is 13.2 Å². The molecule has 144 valence electrons. The Morgan fingerprint density at radius 2 is 1.93 bits per heavy atom. The van der Waals surface area contributed by atoms with Crippen molar-refractivity contribution in [2.75, 3.05) is 13.7 Å². The van der Waals surface area contributed by atoms with Crippen LogP contribution >= 0.6 is 0 Å². The van der Waals surface area contributed by atoms with E-state index >= 15 is 0 Å². The number of piperidine rings is 1. The van der Waals surface area contributed by atoms with E-state index in [4.69, 9.17) is 4.74 Å². The number of rotatable bonds is 4. The Kier molecular flexibility index (Phi) is 5.29. The molecule has 1 unspecified atom stereocenters. The van der Waals surface area contributed by atoms with Crippen molar-refractivity contribution in [2.45, 2.75) is 38.1 Å². The summed E-state index contributed by atoms with van der Waals surface area (Å²) in [7, 11) is 1.65. The van der Waals surface area contributed by atoms with Gasteiger partial charge >= 0.3 is 0 Å². The molecule has 0 aromatic heterocycles. The zero-order chi connectivity index (χ0) is 19.5. The van der Waals surface area contributed by atoms with Crippen LogP contribution in [0.3, 0.4) is 0 Å². The summed E-state index contributed by atoms with van der Waals surface area (Å²) in [5.41, 5.74) is 3.85. The molecule has 0 bridgehead atoms. The zero-order valence-electron chi connectivity index (χ0n) is 16.2. The van der Waals surface area contributed by atoms with Gasteiger partial charge in [-0.15, -0.1) is 0 Å². The molecule has 0 radical (unpaired) electrons. The zero-order valence-corrected chi connectivity index (χ0v) is 16.2. The fraction of sp³-hybridized carbons (Fsp3) is 0.333. The highest BCUT2D eigenvalue weighted by Gasteiger charge is 2.36. The van der Waals surface area contributed by atoms with Gasteiger partial charge < -0.3 is 9.64 Å². The largest absolute Gasteiger partial charge is 0.497 e. The molecule has 4 rings (SSSR count). The molecular weight excluding hydrogens is 350 g/mol. The highest BCUT2D eigenvalue weighted by Crippen LogP contribution is 2.36. The fourth-order valence-electron chi connectivity index (χ4n) is 4.42. The summed E-state index contributed by atoms with van der Waals surface area (Å²) >= 11 is 0. The molecule has 1 aliphatic carbocycles. The van der Waals surface area contributed by atoms with Gasteiger partial charge in [0, 0.05) is 30.5 Å².